The highest BCUT2D eigenvalue weighted by atomic mass is 32.2. The lowest BCUT2D eigenvalue weighted by molar-refractivity contribution is 0.350. The molecule has 0 radical (unpaired) electrons. The van der Waals surface area contributed by atoms with Crippen molar-refractivity contribution < 1.29 is 13.5 Å². The predicted molar refractivity (Wildman–Crippen MR) is 85.1 cm³/mol. The van der Waals surface area contributed by atoms with Crippen LogP contribution in [-0.2, 0) is 16.6 Å². The van der Waals surface area contributed by atoms with Gasteiger partial charge in [0.15, 0.2) is 0 Å². The quantitative estimate of drug-likeness (QED) is 0.816. The Morgan fingerprint density at radius 2 is 2.00 bits per heavy atom. The van der Waals surface area contributed by atoms with Gasteiger partial charge in [0.05, 0.1) is 5.75 Å². The van der Waals surface area contributed by atoms with Crippen molar-refractivity contribution in [3.63, 3.8) is 0 Å². The summed E-state index contributed by atoms with van der Waals surface area (Å²) in [6.07, 6.45) is 0.615. The molecule has 0 aromatic heterocycles. The van der Waals surface area contributed by atoms with Crippen LogP contribution in [0.3, 0.4) is 0 Å². The average molecular weight is 309 g/mol. The van der Waals surface area contributed by atoms with Crippen LogP contribution in [-0.4, -0.2) is 25.9 Å². The summed E-state index contributed by atoms with van der Waals surface area (Å²) < 4.78 is 26.5. The van der Waals surface area contributed by atoms with E-state index in [4.69, 9.17) is 5.11 Å². The van der Waals surface area contributed by atoms with Gasteiger partial charge in [0.2, 0.25) is 10.0 Å². The third kappa shape index (κ3) is 7.86. The van der Waals surface area contributed by atoms with E-state index in [0.717, 1.165) is 11.1 Å². The van der Waals surface area contributed by atoms with Gasteiger partial charge < -0.3 is 5.11 Å². The van der Waals surface area contributed by atoms with Crippen LogP contribution in [0.25, 0.3) is 0 Å². The molecule has 116 valence electrons. The topological polar surface area (TPSA) is 66.4 Å². The van der Waals surface area contributed by atoms with Crippen LogP contribution in [0.1, 0.15) is 38.3 Å². The minimum Gasteiger partial charge on any atom is -0.384 e. The third-order valence-corrected chi connectivity index (χ3v) is 4.18. The zero-order chi connectivity index (χ0) is 15.9. The van der Waals surface area contributed by atoms with Gasteiger partial charge in [-0.3, -0.25) is 0 Å². The lowest BCUT2D eigenvalue weighted by Crippen LogP contribution is -2.28. The highest BCUT2D eigenvalue weighted by Gasteiger charge is 2.16. The van der Waals surface area contributed by atoms with Crippen molar-refractivity contribution in [1.29, 1.82) is 0 Å². The first-order valence-electron chi connectivity index (χ1n) is 6.88. The van der Waals surface area contributed by atoms with Gasteiger partial charge in [0.25, 0.3) is 0 Å². The van der Waals surface area contributed by atoms with Crippen LogP contribution < -0.4 is 4.72 Å². The van der Waals surface area contributed by atoms with Gasteiger partial charge in [-0.2, -0.15) is 0 Å². The largest absolute Gasteiger partial charge is 0.384 e. The maximum Gasteiger partial charge on any atom is 0.211 e. The molecule has 0 unspecified atom stereocenters. The van der Waals surface area contributed by atoms with E-state index in [1.807, 2.05) is 45.0 Å². The fourth-order valence-electron chi connectivity index (χ4n) is 1.61. The third-order valence-electron chi connectivity index (χ3n) is 2.86. The molecular formula is C16H23NO3S. The maximum absolute atomic E-state index is 11.9. The van der Waals surface area contributed by atoms with Crippen molar-refractivity contribution >= 4 is 10.0 Å². The van der Waals surface area contributed by atoms with Crippen molar-refractivity contribution in [2.75, 3.05) is 12.4 Å². The fourth-order valence-corrected chi connectivity index (χ4v) is 3.02. The van der Waals surface area contributed by atoms with Crippen molar-refractivity contribution in [3.05, 3.63) is 35.4 Å². The molecule has 0 heterocycles. The number of benzene rings is 1. The lowest BCUT2D eigenvalue weighted by Gasteiger charge is -2.17. The van der Waals surface area contributed by atoms with Gasteiger partial charge in [-0.15, -0.1) is 0 Å². The van der Waals surface area contributed by atoms with E-state index >= 15 is 0 Å². The zero-order valence-corrected chi connectivity index (χ0v) is 13.6. The summed E-state index contributed by atoms with van der Waals surface area (Å²) in [7, 11) is -3.27. The Labute approximate surface area is 127 Å². The second kappa shape index (κ2) is 7.60. The van der Waals surface area contributed by atoms with Crippen LogP contribution in [0.5, 0.6) is 0 Å². The molecule has 0 amide bonds. The molecule has 0 fully saturated rings. The van der Waals surface area contributed by atoms with Crippen LogP contribution in [0, 0.1) is 17.3 Å². The van der Waals surface area contributed by atoms with E-state index < -0.39 is 10.0 Å². The number of hydrogen-bond acceptors (Lipinski definition) is 3. The van der Waals surface area contributed by atoms with Crippen LogP contribution >= 0.6 is 0 Å². The molecular weight excluding hydrogens is 286 g/mol. The summed E-state index contributed by atoms with van der Waals surface area (Å²) in [5, 5.41) is 8.67. The van der Waals surface area contributed by atoms with E-state index in [-0.39, 0.29) is 24.3 Å². The Morgan fingerprint density at radius 1 is 1.29 bits per heavy atom. The fraction of sp³-hybridized carbons (Fsp3) is 0.500. The van der Waals surface area contributed by atoms with E-state index in [0.29, 0.717) is 6.42 Å². The van der Waals surface area contributed by atoms with Gasteiger partial charge in [-0.1, -0.05) is 44.7 Å². The molecule has 2 N–H and O–H groups in total. The first-order chi connectivity index (χ1) is 9.72. The Kier molecular flexibility index (Phi) is 6.41. The van der Waals surface area contributed by atoms with E-state index in [2.05, 4.69) is 16.6 Å². The van der Waals surface area contributed by atoms with Crippen LogP contribution in [0.4, 0.5) is 0 Å². The molecule has 1 aromatic rings. The van der Waals surface area contributed by atoms with Gasteiger partial charge in [0.1, 0.15) is 6.61 Å². The highest BCUT2D eigenvalue weighted by molar-refractivity contribution is 7.89. The number of sulfonamides is 1. The van der Waals surface area contributed by atoms with Gasteiger partial charge >= 0.3 is 0 Å². The molecule has 0 saturated carbocycles. The summed E-state index contributed by atoms with van der Waals surface area (Å²) >= 11 is 0. The Morgan fingerprint density at radius 3 is 2.62 bits per heavy atom. The van der Waals surface area contributed by atoms with Crippen molar-refractivity contribution in [1.82, 2.24) is 4.72 Å². The number of nitrogens with one attached hydrogen (secondary N) is 1. The molecule has 1 aromatic carbocycles. The number of aliphatic hydroxyl groups is 1. The van der Waals surface area contributed by atoms with E-state index in [1.165, 1.54) is 0 Å². The summed E-state index contributed by atoms with van der Waals surface area (Å²) in [4.78, 5) is 0. The Hall–Kier alpha value is -1.35. The molecule has 4 nitrogen and oxygen atoms in total. The normalized spacial score (nSPS) is 11.8. The number of hydrogen-bond donors (Lipinski definition) is 2. The van der Waals surface area contributed by atoms with Crippen molar-refractivity contribution in [3.8, 4) is 11.8 Å². The molecule has 0 aliphatic heterocycles. The molecule has 0 aliphatic rings. The second-order valence-corrected chi connectivity index (χ2v) is 8.04. The molecule has 0 aliphatic carbocycles. The maximum atomic E-state index is 11.9. The molecule has 0 atom stereocenters. The first kappa shape index (κ1) is 17.7. The SMILES string of the molecule is CC(C)(C)CCS(=O)(=O)NCc1cccc(C#CCO)c1. The molecule has 0 spiro atoms. The smallest absolute Gasteiger partial charge is 0.211 e. The Bertz CT molecular complexity index is 619. The highest BCUT2D eigenvalue weighted by Crippen LogP contribution is 2.19. The van der Waals surface area contributed by atoms with Crippen molar-refractivity contribution in [2.45, 2.75) is 33.7 Å². The molecule has 0 saturated heterocycles. The zero-order valence-electron chi connectivity index (χ0n) is 12.8. The lowest BCUT2D eigenvalue weighted by atomic mass is 9.94. The second-order valence-electron chi connectivity index (χ2n) is 6.11. The summed E-state index contributed by atoms with van der Waals surface area (Å²) in [6, 6.07) is 7.30. The summed E-state index contributed by atoms with van der Waals surface area (Å²) in [6.45, 7) is 6.12. The molecule has 21 heavy (non-hydrogen) atoms. The van der Waals surface area contributed by atoms with Gasteiger partial charge in [-0.25, -0.2) is 13.1 Å². The van der Waals surface area contributed by atoms with Crippen molar-refractivity contribution in [2.24, 2.45) is 5.41 Å². The first-order valence-corrected chi connectivity index (χ1v) is 8.53. The van der Waals surface area contributed by atoms with E-state index in [1.54, 1.807) is 0 Å². The Balaban J connectivity index is 2.62. The predicted octanol–water partition coefficient (Wildman–Crippen LogP) is 1.89. The standard InChI is InChI=1S/C16H23NO3S/c1-16(2,3)9-11-21(19,20)17-13-15-7-4-6-14(12-15)8-5-10-18/h4,6-7,12,17-18H,9-11,13H2,1-3H3. The average Bonchev–Trinajstić information content (AvgIpc) is 2.41. The molecule has 0 bridgehead atoms. The van der Waals surface area contributed by atoms with Gasteiger partial charge in [-0.05, 0) is 29.5 Å². The number of aliphatic hydroxyl groups excluding tert-OH is 1. The van der Waals surface area contributed by atoms with E-state index in [9.17, 15) is 8.42 Å². The van der Waals surface area contributed by atoms with Crippen LogP contribution in [0.15, 0.2) is 24.3 Å². The van der Waals surface area contributed by atoms with Crippen LogP contribution in [0.2, 0.25) is 0 Å². The number of rotatable bonds is 5. The van der Waals surface area contributed by atoms with Gasteiger partial charge in [0, 0.05) is 12.1 Å². The monoisotopic (exact) mass is 309 g/mol. The summed E-state index contributed by atoms with van der Waals surface area (Å²) in [5.74, 6) is 5.49. The molecule has 1 rings (SSSR count). The summed E-state index contributed by atoms with van der Waals surface area (Å²) in [5.41, 5.74) is 1.60. The minimum absolute atomic E-state index is 0.00541. The minimum atomic E-state index is -3.27. The molecule has 5 heteroatoms.